The van der Waals surface area contributed by atoms with Crippen LogP contribution in [0, 0.1) is 11.3 Å². The Morgan fingerprint density at radius 3 is 2.78 bits per heavy atom. The van der Waals surface area contributed by atoms with Crippen LogP contribution in [0.25, 0.3) is 0 Å². The molecule has 0 bridgehead atoms. The van der Waals surface area contributed by atoms with E-state index in [0.29, 0.717) is 5.41 Å². The third-order valence-electron chi connectivity index (χ3n) is 4.45. The fourth-order valence-corrected chi connectivity index (χ4v) is 3.35. The predicted molar refractivity (Wildman–Crippen MR) is 73.2 cm³/mol. The fraction of sp³-hybridized carbons (Fsp3) is 0.800. The third-order valence-corrected chi connectivity index (χ3v) is 4.45. The van der Waals surface area contributed by atoms with E-state index >= 15 is 0 Å². The van der Waals surface area contributed by atoms with Gasteiger partial charge in [0.15, 0.2) is 0 Å². The van der Waals surface area contributed by atoms with Gasteiger partial charge in [-0.1, -0.05) is 27.7 Å². The van der Waals surface area contributed by atoms with Crippen molar-refractivity contribution in [3.63, 3.8) is 0 Å². The zero-order valence-corrected chi connectivity index (χ0v) is 12.1. The molecule has 3 heteroatoms. The van der Waals surface area contributed by atoms with Crippen molar-refractivity contribution in [1.82, 2.24) is 9.78 Å². The van der Waals surface area contributed by atoms with E-state index in [1.807, 2.05) is 16.9 Å². The molecule has 0 radical (unpaired) electrons. The Balaban J connectivity index is 2.28. The van der Waals surface area contributed by atoms with Gasteiger partial charge in [-0.2, -0.15) is 5.10 Å². The third kappa shape index (κ3) is 2.33. The highest BCUT2D eigenvalue weighted by Crippen LogP contribution is 2.48. The minimum absolute atomic E-state index is 0.286. The van der Waals surface area contributed by atoms with Crippen molar-refractivity contribution in [2.24, 2.45) is 11.3 Å². The maximum absolute atomic E-state index is 11.1. The van der Waals surface area contributed by atoms with Gasteiger partial charge in [-0.25, -0.2) is 0 Å². The van der Waals surface area contributed by atoms with Gasteiger partial charge in [0.05, 0.1) is 5.69 Å². The second-order valence-electron chi connectivity index (χ2n) is 6.63. The van der Waals surface area contributed by atoms with Crippen LogP contribution in [-0.2, 0) is 12.1 Å². The second-order valence-corrected chi connectivity index (χ2v) is 6.63. The lowest BCUT2D eigenvalue weighted by Crippen LogP contribution is -2.43. The molecule has 1 aliphatic rings. The van der Waals surface area contributed by atoms with Crippen molar-refractivity contribution in [3.05, 3.63) is 18.0 Å². The van der Waals surface area contributed by atoms with Crippen molar-refractivity contribution < 1.29 is 5.11 Å². The number of hydrogen-bond donors (Lipinski definition) is 1. The number of aliphatic hydroxyl groups is 1. The van der Waals surface area contributed by atoms with E-state index in [4.69, 9.17) is 0 Å². The molecule has 1 aliphatic carbocycles. The Bertz CT molecular complexity index is 410. The van der Waals surface area contributed by atoms with Crippen LogP contribution in [0.2, 0.25) is 0 Å². The maximum Gasteiger partial charge on any atom is 0.109 e. The molecule has 0 aromatic carbocycles. The molecule has 0 saturated heterocycles. The fourth-order valence-electron chi connectivity index (χ4n) is 3.35. The highest BCUT2D eigenvalue weighted by Gasteiger charge is 2.45. The first-order chi connectivity index (χ1) is 8.39. The Morgan fingerprint density at radius 1 is 1.44 bits per heavy atom. The van der Waals surface area contributed by atoms with Gasteiger partial charge in [-0.3, -0.25) is 4.68 Å². The number of aryl methyl sites for hydroxylation is 1. The van der Waals surface area contributed by atoms with Crippen molar-refractivity contribution in [1.29, 1.82) is 0 Å². The summed E-state index contributed by atoms with van der Waals surface area (Å²) in [6, 6.07) is 1.99. The summed E-state index contributed by atoms with van der Waals surface area (Å²) in [4.78, 5) is 0. The molecule has 18 heavy (non-hydrogen) atoms. The lowest BCUT2D eigenvalue weighted by atomic mass is 9.64. The Morgan fingerprint density at radius 2 is 2.17 bits per heavy atom. The van der Waals surface area contributed by atoms with Crippen LogP contribution in [0.15, 0.2) is 12.3 Å². The topological polar surface area (TPSA) is 38.0 Å². The molecule has 1 saturated carbocycles. The zero-order chi connectivity index (χ0) is 13.4. The Hall–Kier alpha value is -0.830. The molecular formula is C15H26N2O. The van der Waals surface area contributed by atoms with E-state index in [2.05, 4.69) is 32.8 Å². The first-order valence-electron chi connectivity index (χ1n) is 7.14. The monoisotopic (exact) mass is 250 g/mol. The van der Waals surface area contributed by atoms with Crippen molar-refractivity contribution in [3.8, 4) is 0 Å². The van der Waals surface area contributed by atoms with Gasteiger partial charge in [0.2, 0.25) is 0 Å². The summed E-state index contributed by atoms with van der Waals surface area (Å²) in [6.07, 6.45) is 5.85. The Labute approximate surface area is 110 Å². The van der Waals surface area contributed by atoms with Gasteiger partial charge in [0.25, 0.3) is 0 Å². The molecule has 3 nitrogen and oxygen atoms in total. The highest BCUT2D eigenvalue weighted by atomic mass is 16.3. The van der Waals surface area contributed by atoms with Gasteiger partial charge in [0, 0.05) is 12.7 Å². The molecule has 0 spiro atoms. The minimum atomic E-state index is -0.693. The average Bonchev–Trinajstić information content (AvgIpc) is 2.73. The van der Waals surface area contributed by atoms with Crippen LogP contribution in [-0.4, -0.2) is 14.9 Å². The van der Waals surface area contributed by atoms with Gasteiger partial charge in [0.1, 0.15) is 5.60 Å². The molecule has 0 aliphatic heterocycles. The molecule has 102 valence electrons. The second kappa shape index (κ2) is 4.69. The van der Waals surface area contributed by atoms with E-state index in [1.54, 1.807) is 0 Å². The molecule has 1 aromatic heterocycles. The van der Waals surface area contributed by atoms with Gasteiger partial charge < -0.3 is 5.11 Å². The molecule has 2 atom stereocenters. The molecule has 1 fully saturated rings. The van der Waals surface area contributed by atoms with Gasteiger partial charge in [-0.05, 0) is 43.1 Å². The molecule has 0 amide bonds. The largest absolute Gasteiger partial charge is 0.383 e. The van der Waals surface area contributed by atoms with Crippen LogP contribution in [0.1, 0.15) is 59.1 Å². The van der Waals surface area contributed by atoms with Crippen LogP contribution >= 0.6 is 0 Å². The van der Waals surface area contributed by atoms with Crippen LogP contribution in [0.4, 0.5) is 0 Å². The highest BCUT2D eigenvalue weighted by molar-refractivity contribution is 5.15. The first-order valence-corrected chi connectivity index (χ1v) is 7.14. The summed E-state index contributed by atoms with van der Waals surface area (Å²) < 4.78 is 1.98. The minimum Gasteiger partial charge on any atom is -0.383 e. The maximum atomic E-state index is 11.1. The number of rotatable bonds is 3. The lowest BCUT2D eigenvalue weighted by molar-refractivity contribution is -0.0829. The van der Waals surface area contributed by atoms with E-state index < -0.39 is 5.60 Å². The summed E-state index contributed by atoms with van der Waals surface area (Å²) in [5.41, 5.74) is 0.662. The van der Waals surface area contributed by atoms with Crippen molar-refractivity contribution >= 4 is 0 Å². The normalized spacial score (nSPS) is 31.5. The summed E-state index contributed by atoms with van der Waals surface area (Å²) in [5, 5.41) is 15.4. The lowest BCUT2D eigenvalue weighted by Gasteiger charge is -2.45. The standard InChI is InChI=1S/C15H26N2O/c1-5-10-17-13(6-9-16-17)15(18)8-7-14(3,4)11-12(15)2/h6,9,12,18H,5,7-8,10-11H2,1-4H3. The van der Waals surface area contributed by atoms with Gasteiger partial charge in [-0.15, -0.1) is 0 Å². The first kappa shape index (κ1) is 13.6. The summed E-state index contributed by atoms with van der Waals surface area (Å²) >= 11 is 0. The molecule has 1 N–H and O–H groups in total. The molecule has 2 rings (SSSR count). The summed E-state index contributed by atoms with van der Waals surface area (Å²) in [5.74, 6) is 0.286. The molecule has 2 unspecified atom stereocenters. The SMILES string of the molecule is CCCn1nccc1C1(O)CCC(C)(C)CC1C. The van der Waals surface area contributed by atoms with E-state index in [9.17, 15) is 5.11 Å². The quantitative estimate of drug-likeness (QED) is 0.893. The number of nitrogens with zero attached hydrogens (tertiary/aromatic N) is 2. The van der Waals surface area contributed by atoms with Crippen molar-refractivity contribution in [2.75, 3.05) is 0 Å². The van der Waals surface area contributed by atoms with E-state index in [1.165, 1.54) is 0 Å². The number of hydrogen-bond acceptors (Lipinski definition) is 2. The van der Waals surface area contributed by atoms with Crippen LogP contribution in [0.5, 0.6) is 0 Å². The zero-order valence-electron chi connectivity index (χ0n) is 12.1. The van der Waals surface area contributed by atoms with Crippen LogP contribution < -0.4 is 0 Å². The molecular weight excluding hydrogens is 224 g/mol. The average molecular weight is 250 g/mol. The predicted octanol–water partition coefficient (Wildman–Crippen LogP) is 3.33. The summed E-state index contributed by atoms with van der Waals surface area (Å²) in [7, 11) is 0. The molecule has 1 aromatic rings. The van der Waals surface area contributed by atoms with E-state index in [0.717, 1.165) is 37.9 Å². The van der Waals surface area contributed by atoms with Crippen LogP contribution in [0.3, 0.4) is 0 Å². The van der Waals surface area contributed by atoms with Gasteiger partial charge >= 0.3 is 0 Å². The molecule has 1 heterocycles. The Kier molecular flexibility index (Phi) is 3.54. The number of aromatic nitrogens is 2. The summed E-state index contributed by atoms with van der Waals surface area (Å²) in [6.45, 7) is 9.80. The van der Waals surface area contributed by atoms with E-state index in [-0.39, 0.29) is 5.92 Å². The smallest absolute Gasteiger partial charge is 0.109 e. The van der Waals surface area contributed by atoms with Crippen molar-refractivity contribution in [2.45, 2.75) is 65.5 Å².